The number of nitrogens with zero attached hydrogens (tertiary/aromatic N) is 1. The highest BCUT2D eigenvalue weighted by molar-refractivity contribution is 7.10. The Labute approximate surface area is 74.8 Å². The lowest BCUT2D eigenvalue weighted by Gasteiger charge is -2.18. The van der Waals surface area contributed by atoms with Crippen molar-refractivity contribution in [2.24, 2.45) is 0 Å². The molecular formula is C9H9NOS. The lowest BCUT2D eigenvalue weighted by atomic mass is 10.2. The normalized spacial score (nSPS) is 23.4. The minimum Gasteiger partial charge on any atom is -0.331 e. The number of carbonyl (C=O) groups excluding carboxylic acids is 1. The fourth-order valence-electron chi connectivity index (χ4n) is 2.05. The van der Waals surface area contributed by atoms with Crippen molar-refractivity contribution in [3.63, 3.8) is 0 Å². The monoisotopic (exact) mass is 179 g/mol. The smallest absolute Gasteiger partial charge is 0.255 e. The van der Waals surface area contributed by atoms with Crippen LogP contribution < -0.4 is 0 Å². The van der Waals surface area contributed by atoms with Crippen molar-refractivity contribution in [1.29, 1.82) is 0 Å². The minimum atomic E-state index is 0.139. The van der Waals surface area contributed by atoms with Gasteiger partial charge in [0.2, 0.25) is 0 Å². The number of hydrogen-bond donors (Lipinski definition) is 0. The van der Waals surface area contributed by atoms with Gasteiger partial charge in [-0.2, -0.15) is 0 Å². The number of thiophene rings is 1. The third kappa shape index (κ3) is 0.524. The molecule has 0 unspecified atom stereocenters. The number of carbonyl (C=O) groups is 1. The summed E-state index contributed by atoms with van der Waals surface area (Å²) in [6.45, 7) is 0. The van der Waals surface area contributed by atoms with Crippen molar-refractivity contribution in [2.45, 2.75) is 18.4 Å². The number of hydrogen-bond acceptors (Lipinski definition) is 2. The van der Waals surface area contributed by atoms with E-state index in [2.05, 4.69) is 0 Å². The van der Waals surface area contributed by atoms with Crippen molar-refractivity contribution in [3.05, 3.63) is 21.9 Å². The fourth-order valence-corrected chi connectivity index (χ4v) is 3.23. The van der Waals surface area contributed by atoms with E-state index in [9.17, 15) is 4.79 Å². The summed E-state index contributed by atoms with van der Waals surface area (Å²) in [5.41, 5.74) is 1.08. The van der Waals surface area contributed by atoms with E-state index in [4.69, 9.17) is 0 Å². The molecule has 1 amide bonds. The summed E-state index contributed by atoms with van der Waals surface area (Å²) in [6.07, 6.45) is 2.31. The van der Waals surface area contributed by atoms with Gasteiger partial charge in [-0.25, -0.2) is 0 Å². The predicted molar refractivity (Wildman–Crippen MR) is 47.3 cm³/mol. The molecule has 0 bridgehead atoms. The molecule has 2 aliphatic rings. The molecule has 2 nitrogen and oxygen atoms in total. The summed E-state index contributed by atoms with van der Waals surface area (Å²) >= 11 is 1.73. The molecule has 3 rings (SSSR count). The van der Waals surface area contributed by atoms with Gasteiger partial charge in [0.25, 0.3) is 5.91 Å². The van der Waals surface area contributed by atoms with Gasteiger partial charge in [0.05, 0.1) is 11.1 Å². The van der Waals surface area contributed by atoms with Gasteiger partial charge in [-0.1, -0.05) is 0 Å². The summed E-state index contributed by atoms with van der Waals surface area (Å²) in [5, 5.41) is 2.02. The Balaban J connectivity index is 2.27. The van der Waals surface area contributed by atoms with Crippen molar-refractivity contribution in [3.8, 4) is 0 Å². The van der Waals surface area contributed by atoms with E-state index >= 15 is 0 Å². The van der Waals surface area contributed by atoms with Crippen LogP contribution in [0.3, 0.4) is 0 Å². The largest absolute Gasteiger partial charge is 0.331 e. The van der Waals surface area contributed by atoms with Gasteiger partial charge < -0.3 is 4.90 Å². The Hall–Kier alpha value is -0.830. The van der Waals surface area contributed by atoms with E-state index in [1.54, 1.807) is 11.3 Å². The summed E-state index contributed by atoms with van der Waals surface area (Å²) < 4.78 is 0. The zero-order valence-corrected chi connectivity index (χ0v) is 7.65. The second-order valence-corrected chi connectivity index (χ2v) is 4.48. The molecule has 1 aromatic heterocycles. The molecule has 0 N–H and O–H groups in total. The quantitative estimate of drug-likeness (QED) is 0.595. The molecule has 62 valence electrons. The highest BCUT2D eigenvalue weighted by Crippen LogP contribution is 2.57. The second-order valence-electron chi connectivity index (χ2n) is 3.56. The first-order valence-corrected chi connectivity index (χ1v) is 5.00. The van der Waals surface area contributed by atoms with Gasteiger partial charge in [0.15, 0.2) is 0 Å². The first-order chi connectivity index (χ1) is 5.76. The van der Waals surface area contributed by atoms with Gasteiger partial charge >= 0.3 is 0 Å². The molecule has 2 heterocycles. The zero-order valence-electron chi connectivity index (χ0n) is 6.83. The maximum atomic E-state index is 11.6. The summed E-state index contributed by atoms with van der Waals surface area (Å²) in [7, 11) is 1.92. The average molecular weight is 179 g/mol. The molecule has 0 saturated heterocycles. The zero-order chi connectivity index (χ0) is 8.34. The van der Waals surface area contributed by atoms with Crippen LogP contribution in [0.15, 0.2) is 11.4 Å². The fraction of sp³-hybridized carbons (Fsp3) is 0.444. The highest BCUT2D eigenvalue weighted by atomic mass is 32.1. The van der Waals surface area contributed by atoms with E-state index in [1.165, 1.54) is 4.88 Å². The second kappa shape index (κ2) is 1.74. The Morgan fingerprint density at radius 2 is 2.33 bits per heavy atom. The van der Waals surface area contributed by atoms with Gasteiger partial charge in [0.1, 0.15) is 0 Å². The Morgan fingerprint density at radius 1 is 1.58 bits per heavy atom. The molecule has 1 aliphatic carbocycles. The standard InChI is InChI=1S/C9H9NOS/c1-10-8(11)6-2-5-12-7(6)9(10)3-4-9/h2,5H,3-4H2,1H3. The topological polar surface area (TPSA) is 20.3 Å². The van der Waals surface area contributed by atoms with Crippen LogP contribution in [0.1, 0.15) is 28.1 Å². The summed E-state index contributed by atoms with van der Waals surface area (Å²) in [6, 6.07) is 1.95. The molecule has 1 saturated carbocycles. The number of amides is 1. The van der Waals surface area contributed by atoms with Gasteiger partial charge in [-0.15, -0.1) is 11.3 Å². The third-order valence-corrected chi connectivity index (χ3v) is 4.10. The average Bonchev–Trinajstić information content (AvgIpc) is 2.69. The van der Waals surface area contributed by atoms with E-state index in [1.807, 2.05) is 23.4 Å². The van der Waals surface area contributed by atoms with Crippen LogP contribution >= 0.6 is 11.3 Å². The van der Waals surface area contributed by atoms with Gasteiger partial charge in [-0.3, -0.25) is 4.79 Å². The Kier molecular flexibility index (Phi) is 0.966. The molecule has 1 aliphatic heterocycles. The van der Waals surface area contributed by atoms with Crippen molar-refractivity contribution in [2.75, 3.05) is 7.05 Å². The van der Waals surface area contributed by atoms with Crippen LogP contribution in [0.4, 0.5) is 0 Å². The lowest BCUT2D eigenvalue weighted by Crippen LogP contribution is -2.28. The molecule has 12 heavy (non-hydrogen) atoms. The maximum absolute atomic E-state index is 11.6. The third-order valence-electron chi connectivity index (χ3n) is 2.99. The lowest BCUT2D eigenvalue weighted by molar-refractivity contribution is 0.0756. The molecule has 0 radical (unpaired) electrons. The summed E-state index contributed by atoms with van der Waals surface area (Å²) in [4.78, 5) is 14.9. The first-order valence-electron chi connectivity index (χ1n) is 4.12. The number of fused-ring (bicyclic) bond motifs is 2. The molecule has 0 aromatic carbocycles. The molecular weight excluding hydrogens is 170 g/mol. The first kappa shape index (κ1) is 6.66. The molecule has 0 atom stereocenters. The Morgan fingerprint density at radius 3 is 3.00 bits per heavy atom. The Bertz CT molecular complexity index is 364. The van der Waals surface area contributed by atoms with Crippen LogP contribution in [0.25, 0.3) is 0 Å². The SMILES string of the molecule is CN1C(=O)c2ccsc2C12CC2. The maximum Gasteiger partial charge on any atom is 0.255 e. The number of rotatable bonds is 0. The van der Waals surface area contributed by atoms with Crippen LogP contribution in [0, 0.1) is 0 Å². The van der Waals surface area contributed by atoms with E-state index < -0.39 is 0 Å². The molecule has 1 spiro atoms. The van der Waals surface area contributed by atoms with Crippen molar-refractivity contribution in [1.82, 2.24) is 4.90 Å². The van der Waals surface area contributed by atoms with Gasteiger partial charge in [0, 0.05) is 11.9 Å². The van der Waals surface area contributed by atoms with Crippen molar-refractivity contribution < 1.29 is 4.79 Å². The van der Waals surface area contributed by atoms with Crippen LogP contribution in [0.2, 0.25) is 0 Å². The molecule has 1 fully saturated rings. The molecule has 1 aromatic rings. The van der Waals surface area contributed by atoms with Gasteiger partial charge in [-0.05, 0) is 24.3 Å². The van der Waals surface area contributed by atoms with E-state index in [0.29, 0.717) is 0 Å². The minimum absolute atomic E-state index is 0.139. The summed E-state index contributed by atoms with van der Waals surface area (Å²) in [5.74, 6) is 0.212. The van der Waals surface area contributed by atoms with Crippen molar-refractivity contribution >= 4 is 17.2 Å². The van der Waals surface area contributed by atoms with Crippen LogP contribution in [-0.2, 0) is 5.54 Å². The highest BCUT2D eigenvalue weighted by Gasteiger charge is 2.57. The van der Waals surface area contributed by atoms with Crippen LogP contribution in [-0.4, -0.2) is 17.9 Å². The van der Waals surface area contributed by atoms with E-state index in [-0.39, 0.29) is 11.4 Å². The van der Waals surface area contributed by atoms with Crippen LogP contribution in [0.5, 0.6) is 0 Å². The molecule has 3 heteroatoms. The predicted octanol–water partition coefficient (Wildman–Crippen LogP) is 1.82. The van der Waals surface area contributed by atoms with E-state index in [0.717, 1.165) is 18.4 Å².